The summed E-state index contributed by atoms with van der Waals surface area (Å²) >= 11 is 12.2. The lowest BCUT2D eigenvalue weighted by atomic mass is 9.91. The van der Waals surface area contributed by atoms with Gasteiger partial charge >= 0.3 is 5.97 Å². The van der Waals surface area contributed by atoms with E-state index in [9.17, 15) is 14.7 Å². The van der Waals surface area contributed by atoms with Crippen molar-refractivity contribution in [3.05, 3.63) is 33.8 Å². The number of carbonyl (C=O) groups is 2. The predicted molar refractivity (Wildman–Crippen MR) is 87.6 cm³/mol. The highest BCUT2D eigenvalue weighted by Crippen LogP contribution is 2.27. The number of carbonyl (C=O) groups excluding carboxylic acids is 2. The van der Waals surface area contributed by atoms with Gasteiger partial charge in [-0.15, -0.1) is 0 Å². The SMILES string of the molecule is CCOC(=O)C1(O)CCN(C(=O)Cc2c(Cl)cccc2Cl)CC1. The van der Waals surface area contributed by atoms with Crippen molar-refractivity contribution in [2.24, 2.45) is 0 Å². The maximum absolute atomic E-state index is 12.4. The van der Waals surface area contributed by atoms with Gasteiger partial charge in [-0.05, 0) is 24.6 Å². The monoisotopic (exact) mass is 359 g/mol. The minimum absolute atomic E-state index is 0.0936. The first-order valence-electron chi connectivity index (χ1n) is 7.47. The lowest BCUT2D eigenvalue weighted by molar-refractivity contribution is -0.171. The number of benzene rings is 1. The molecule has 1 saturated heterocycles. The molecule has 0 atom stereocenters. The van der Waals surface area contributed by atoms with Crippen LogP contribution in [0.15, 0.2) is 18.2 Å². The van der Waals surface area contributed by atoms with Gasteiger partial charge in [0.25, 0.3) is 0 Å². The van der Waals surface area contributed by atoms with Crippen molar-refractivity contribution in [3.8, 4) is 0 Å². The van der Waals surface area contributed by atoms with Gasteiger partial charge in [0.15, 0.2) is 5.60 Å². The zero-order valence-electron chi connectivity index (χ0n) is 12.8. The number of hydrogen-bond donors (Lipinski definition) is 1. The van der Waals surface area contributed by atoms with Crippen LogP contribution in [0, 0.1) is 0 Å². The van der Waals surface area contributed by atoms with Crippen molar-refractivity contribution < 1.29 is 19.4 Å². The van der Waals surface area contributed by atoms with E-state index in [2.05, 4.69) is 0 Å². The van der Waals surface area contributed by atoms with Crippen molar-refractivity contribution in [3.63, 3.8) is 0 Å². The molecule has 5 nitrogen and oxygen atoms in total. The third kappa shape index (κ3) is 4.16. The Bertz CT molecular complexity index is 577. The molecule has 1 fully saturated rings. The summed E-state index contributed by atoms with van der Waals surface area (Å²) in [5.74, 6) is -0.757. The first-order valence-corrected chi connectivity index (χ1v) is 8.23. The Balaban J connectivity index is 1.97. The van der Waals surface area contributed by atoms with Gasteiger partial charge in [0.2, 0.25) is 5.91 Å². The summed E-state index contributed by atoms with van der Waals surface area (Å²) in [7, 11) is 0. The van der Waals surface area contributed by atoms with Crippen LogP contribution >= 0.6 is 23.2 Å². The van der Waals surface area contributed by atoms with E-state index in [1.54, 1.807) is 30.0 Å². The molecule has 0 bridgehead atoms. The molecule has 126 valence electrons. The minimum Gasteiger partial charge on any atom is -0.464 e. The predicted octanol–water partition coefficient (Wildman–Crippen LogP) is 2.45. The Labute approximate surface area is 145 Å². The Hall–Kier alpha value is -1.30. The van der Waals surface area contributed by atoms with Crippen LogP contribution < -0.4 is 0 Å². The second-order valence-electron chi connectivity index (χ2n) is 5.51. The van der Waals surface area contributed by atoms with Crippen molar-refractivity contribution in [1.29, 1.82) is 0 Å². The Morgan fingerprint density at radius 2 is 1.83 bits per heavy atom. The van der Waals surface area contributed by atoms with Crippen LogP contribution in [0.5, 0.6) is 0 Å². The van der Waals surface area contributed by atoms with E-state index in [0.717, 1.165) is 0 Å². The van der Waals surface area contributed by atoms with E-state index in [1.807, 2.05) is 0 Å². The fourth-order valence-electron chi connectivity index (χ4n) is 2.56. The molecule has 1 aromatic rings. The van der Waals surface area contributed by atoms with Gasteiger partial charge in [-0.25, -0.2) is 4.79 Å². The summed E-state index contributed by atoms with van der Waals surface area (Å²) < 4.78 is 4.88. The molecule has 0 spiro atoms. The zero-order chi connectivity index (χ0) is 17.0. The number of rotatable bonds is 4. The number of hydrogen-bond acceptors (Lipinski definition) is 4. The Morgan fingerprint density at radius 3 is 2.35 bits per heavy atom. The molecule has 1 aromatic carbocycles. The van der Waals surface area contributed by atoms with Crippen molar-refractivity contribution in [2.75, 3.05) is 19.7 Å². The summed E-state index contributed by atoms with van der Waals surface area (Å²) in [6.07, 6.45) is 0.415. The summed E-state index contributed by atoms with van der Waals surface area (Å²) in [6.45, 7) is 2.48. The number of esters is 1. The molecule has 0 aromatic heterocycles. The van der Waals surface area contributed by atoms with Gasteiger partial charge in [0.1, 0.15) is 0 Å². The lowest BCUT2D eigenvalue weighted by Gasteiger charge is -2.36. The Morgan fingerprint density at radius 1 is 1.26 bits per heavy atom. The van der Waals surface area contributed by atoms with Crippen molar-refractivity contribution in [2.45, 2.75) is 31.8 Å². The minimum atomic E-state index is -1.51. The quantitative estimate of drug-likeness (QED) is 0.838. The first kappa shape index (κ1) is 18.0. The van der Waals surface area contributed by atoms with Crippen LogP contribution in [-0.2, 0) is 20.7 Å². The summed E-state index contributed by atoms with van der Waals surface area (Å²) in [5.41, 5.74) is -0.915. The average molecular weight is 360 g/mol. The normalized spacial score (nSPS) is 17.0. The number of amides is 1. The summed E-state index contributed by atoms with van der Waals surface area (Å²) in [4.78, 5) is 25.8. The number of nitrogens with zero attached hydrogens (tertiary/aromatic N) is 1. The number of ether oxygens (including phenoxy) is 1. The fraction of sp³-hybridized carbons (Fsp3) is 0.500. The third-order valence-corrected chi connectivity index (χ3v) is 4.70. The summed E-state index contributed by atoms with van der Waals surface area (Å²) in [5, 5.41) is 11.2. The van der Waals surface area contributed by atoms with Gasteiger partial charge in [-0.2, -0.15) is 0 Å². The van der Waals surface area contributed by atoms with Crippen LogP contribution in [0.3, 0.4) is 0 Å². The highest BCUT2D eigenvalue weighted by Gasteiger charge is 2.41. The molecular weight excluding hydrogens is 341 g/mol. The van der Waals surface area contributed by atoms with Crippen LogP contribution in [-0.4, -0.2) is 47.2 Å². The lowest BCUT2D eigenvalue weighted by Crippen LogP contribution is -2.51. The van der Waals surface area contributed by atoms with Gasteiger partial charge in [-0.3, -0.25) is 4.79 Å². The molecule has 0 saturated carbocycles. The van der Waals surface area contributed by atoms with Gasteiger partial charge < -0.3 is 14.7 Å². The molecule has 0 radical (unpaired) electrons. The standard InChI is InChI=1S/C16H19Cl2NO4/c1-2-23-15(21)16(22)6-8-19(9-7-16)14(20)10-11-12(17)4-3-5-13(11)18/h3-5,22H,2,6-10H2,1H3. The number of halogens is 2. The fourth-order valence-corrected chi connectivity index (χ4v) is 3.09. The largest absolute Gasteiger partial charge is 0.464 e. The first-order chi connectivity index (χ1) is 10.9. The van der Waals surface area contributed by atoms with Crippen LogP contribution in [0.1, 0.15) is 25.3 Å². The molecule has 1 aliphatic rings. The van der Waals surface area contributed by atoms with Crippen LogP contribution in [0.4, 0.5) is 0 Å². The number of likely N-dealkylation sites (tertiary alicyclic amines) is 1. The van der Waals surface area contributed by atoms with E-state index in [0.29, 0.717) is 15.6 Å². The van der Waals surface area contributed by atoms with Gasteiger partial charge in [-0.1, -0.05) is 29.3 Å². The molecular formula is C16H19Cl2NO4. The molecule has 2 rings (SSSR count). The molecule has 1 heterocycles. The molecule has 0 aliphatic carbocycles. The smallest absolute Gasteiger partial charge is 0.338 e. The second kappa shape index (κ2) is 7.51. The molecule has 0 unspecified atom stereocenters. The van der Waals surface area contributed by atoms with Crippen molar-refractivity contribution >= 4 is 35.1 Å². The highest BCUT2D eigenvalue weighted by atomic mass is 35.5. The Kier molecular flexibility index (Phi) is 5.89. The van der Waals surface area contributed by atoms with E-state index >= 15 is 0 Å². The molecule has 23 heavy (non-hydrogen) atoms. The zero-order valence-corrected chi connectivity index (χ0v) is 14.4. The highest BCUT2D eigenvalue weighted by molar-refractivity contribution is 6.36. The topological polar surface area (TPSA) is 66.8 Å². The van der Waals surface area contributed by atoms with Gasteiger partial charge in [0, 0.05) is 36.0 Å². The van der Waals surface area contributed by atoms with E-state index in [-0.39, 0.29) is 44.9 Å². The molecule has 1 aliphatic heterocycles. The van der Waals surface area contributed by atoms with Crippen LogP contribution in [0.2, 0.25) is 10.0 Å². The van der Waals surface area contributed by atoms with E-state index in [1.165, 1.54) is 0 Å². The maximum atomic E-state index is 12.4. The van der Waals surface area contributed by atoms with Crippen molar-refractivity contribution in [1.82, 2.24) is 4.90 Å². The van der Waals surface area contributed by atoms with E-state index < -0.39 is 11.6 Å². The van der Waals surface area contributed by atoms with E-state index in [4.69, 9.17) is 27.9 Å². The number of aliphatic hydroxyl groups is 1. The maximum Gasteiger partial charge on any atom is 0.338 e. The van der Waals surface area contributed by atoms with Crippen LogP contribution in [0.25, 0.3) is 0 Å². The van der Waals surface area contributed by atoms with Gasteiger partial charge in [0.05, 0.1) is 13.0 Å². The average Bonchev–Trinajstić information content (AvgIpc) is 2.52. The third-order valence-electron chi connectivity index (χ3n) is 3.99. The summed E-state index contributed by atoms with van der Waals surface area (Å²) in [6, 6.07) is 5.09. The number of piperidine rings is 1. The molecule has 1 amide bonds. The second-order valence-corrected chi connectivity index (χ2v) is 6.32. The molecule has 1 N–H and O–H groups in total. The molecule has 7 heteroatoms.